The average Bonchev–Trinajstić information content (AvgIpc) is 2.42. The van der Waals surface area contributed by atoms with Crippen molar-refractivity contribution in [2.45, 2.75) is 16.4 Å². The zero-order valence-corrected chi connectivity index (χ0v) is 11.0. The first kappa shape index (κ1) is 13.8. The molecular formula is C14H12F2O2S. The molecule has 0 aliphatic rings. The molecule has 2 nitrogen and oxygen atoms in total. The minimum atomic E-state index is -0.403. The molecule has 100 valence electrons. The molecule has 19 heavy (non-hydrogen) atoms. The SMILES string of the molecule is COc1cc(F)ccc1Sc1ccc(F)cc1CO. The van der Waals surface area contributed by atoms with E-state index in [1.807, 2.05) is 0 Å². The third kappa shape index (κ3) is 3.24. The summed E-state index contributed by atoms with van der Waals surface area (Å²) in [5.41, 5.74) is 0.483. The van der Waals surface area contributed by atoms with Crippen LogP contribution in [0.15, 0.2) is 46.2 Å². The highest BCUT2D eigenvalue weighted by atomic mass is 32.2. The molecule has 0 heterocycles. The summed E-state index contributed by atoms with van der Waals surface area (Å²) in [6.45, 7) is -0.260. The highest BCUT2D eigenvalue weighted by Crippen LogP contribution is 2.37. The van der Waals surface area contributed by atoms with Crippen LogP contribution in [-0.4, -0.2) is 12.2 Å². The van der Waals surface area contributed by atoms with Gasteiger partial charge in [-0.15, -0.1) is 0 Å². The van der Waals surface area contributed by atoms with Gasteiger partial charge in [0.25, 0.3) is 0 Å². The molecule has 0 aromatic heterocycles. The number of hydrogen-bond acceptors (Lipinski definition) is 3. The predicted molar refractivity (Wildman–Crippen MR) is 69.4 cm³/mol. The molecule has 2 aromatic carbocycles. The Morgan fingerprint density at radius 2 is 1.68 bits per heavy atom. The smallest absolute Gasteiger partial charge is 0.135 e. The number of ether oxygens (including phenoxy) is 1. The Morgan fingerprint density at radius 1 is 1.05 bits per heavy atom. The third-order valence-corrected chi connectivity index (χ3v) is 3.71. The molecule has 2 rings (SSSR count). The topological polar surface area (TPSA) is 29.5 Å². The Balaban J connectivity index is 2.36. The van der Waals surface area contributed by atoms with Crippen molar-refractivity contribution in [1.82, 2.24) is 0 Å². The van der Waals surface area contributed by atoms with E-state index >= 15 is 0 Å². The lowest BCUT2D eigenvalue weighted by Gasteiger charge is -2.10. The molecule has 0 saturated heterocycles. The summed E-state index contributed by atoms with van der Waals surface area (Å²) in [6, 6.07) is 8.37. The van der Waals surface area contributed by atoms with Crippen molar-refractivity contribution in [3.8, 4) is 5.75 Å². The number of aliphatic hydroxyl groups is 1. The van der Waals surface area contributed by atoms with Crippen molar-refractivity contribution in [3.05, 3.63) is 53.6 Å². The van der Waals surface area contributed by atoms with E-state index in [4.69, 9.17) is 4.74 Å². The van der Waals surface area contributed by atoms with Crippen LogP contribution in [0.25, 0.3) is 0 Å². The van der Waals surface area contributed by atoms with E-state index < -0.39 is 5.82 Å². The second-order valence-corrected chi connectivity index (χ2v) is 4.89. The van der Waals surface area contributed by atoms with Crippen LogP contribution in [0.3, 0.4) is 0 Å². The number of halogens is 2. The zero-order valence-electron chi connectivity index (χ0n) is 10.2. The molecule has 0 saturated carbocycles. The van der Waals surface area contributed by atoms with Crippen molar-refractivity contribution in [2.75, 3.05) is 7.11 Å². The van der Waals surface area contributed by atoms with E-state index in [2.05, 4.69) is 0 Å². The van der Waals surface area contributed by atoms with Gasteiger partial charge in [0.15, 0.2) is 0 Å². The Hall–Kier alpha value is -1.59. The number of methoxy groups -OCH3 is 1. The molecule has 0 atom stereocenters. The minimum Gasteiger partial charge on any atom is -0.495 e. The predicted octanol–water partition coefficient (Wildman–Crippen LogP) is 3.62. The van der Waals surface area contributed by atoms with Crippen LogP contribution in [-0.2, 0) is 6.61 Å². The van der Waals surface area contributed by atoms with Crippen LogP contribution < -0.4 is 4.74 Å². The molecule has 0 radical (unpaired) electrons. The van der Waals surface area contributed by atoms with Crippen molar-refractivity contribution < 1.29 is 18.6 Å². The van der Waals surface area contributed by atoms with Gasteiger partial charge in [-0.25, -0.2) is 8.78 Å². The summed E-state index contributed by atoms with van der Waals surface area (Å²) in [4.78, 5) is 1.40. The van der Waals surface area contributed by atoms with Gasteiger partial charge >= 0.3 is 0 Å². The quantitative estimate of drug-likeness (QED) is 0.928. The van der Waals surface area contributed by atoms with Gasteiger partial charge in [0.05, 0.1) is 18.6 Å². The van der Waals surface area contributed by atoms with Crippen molar-refractivity contribution in [3.63, 3.8) is 0 Å². The first-order valence-corrected chi connectivity index (χ1v) is 6.36. The summed E-state index contributed by atoms with van der Waals surface area (Å²) in [5, 5.41) is 9.22. The third-order valence-electron chi connectivity index (χ3n) is 2.54. The Kier molecular flexibility index (Phi) is 4.39. The van der Waals surface area contributed by atoms with Gasteiger partial charge in [-0.2, -0.15) is 0 Å². The summed E-state index contributed by atoms with van der Waals surface area (Å²) in [5.74, 6) is -0.389. The van der Waals surface area contributed by atoms with E-state index in [1.165, 1.54) is 43.1 Å². The van der Waals surface area contributed by atoms with Crippen LogP contribution in [0.5, 0.6) is 5.75 Å². The van der Waals surface area contributed by atoms with Gasteiger partial charge in [-0.05, 0) is 35.9 Å². The number of benzene rings is 2. The van der Waals surface area contributed by atoms with E-state index in [-0.39, 0.29) is 12.4 Å². The van der Waals surface area contributed by atoms with Crippen LogP contribution >= 0.6 is 11.8 Å². The lowest BCUT2D eigenvalue weighted by Crippen LogP contribution is -1.91. The lowest BCUT2D eigenvalue weighted by molar-refractivity contribution is 0.278. The van der Waals surface area contributed by atoms with Gasteiger partial charge in [-0.3, -0.25) is 0 Å². The molecular weight excluding hydrogens is 270 g/mol. The van der Waals surface area contributed by atoms with E-state index in [0.717, 1.165) is 0 Å². The monoisotopic (exact) mass is 282 g/mol. The largest absolute Gasteiger partial charge is 0.495 e. The Labute approximate surface area is 114 Å². The summed E-state index contributed by atoms with van der Waals surface area (Å²) in [7, 11) is 1.45. The van der Waals surface area contributed by atoms with Crippen LogP contribution in [0.2, 0.25) is 0 Å². The zero-order chi connectivity index (χ0) is 13.8. The number of rotatable bonds is 4. The molecule has 2 aromatic rings. The minimum absolute atomic E-state index is 0.260. The molecule has 0 aliphatic carbocycles. The van der Waals surface area contributed by atoms with Gasteiger partial charge in [0.2, 0.25) is 0 Å². The Morgan fingerprint density at radius 3 is 2.32 bits per heavy atom. The van der Waals surface area contributed by atoms with Crippen molar-refractivity contribution >= 4 is 11.8 Å². The highest BCUT2D eigenvalue weighted by Gasteiger charge is 2.10. The van der Waals surface area contributed by atoms with Gasteiger partial charge < -0.3 is 9.84 Å². The molecule has 0 aliphatic heterocycles. The molecule has 5 heteroatoms. The molecule has 0 bridgehead atoms. The molecule has 0 fully saturated rings. The second kappa shape index (κ2) is 6.04. The fraction of sp³-hybridized carbons (Fsp3) is 0.143. The summed E-state index contributed by atoms with van der Waals surface area (Å²) < 4.78 is 31.3. The van der Waals surface area contributed by atoms with Crippen LogP contribution in [0.4, 0.5) is 8.78 Å². The molecule has 0 unspecified atom stereocenters. The number of aliphatic hydroxyl groups excluding tert-OH is 1. The first-order chi connectivity index (χ1) is 9.13. The molecule has 1 N–H and O–H groups in total. The van der Waals surface area contributed by atoms with E-state index in [1.54, 1.807) is 12.1 Å². The first-order valence-electron chi connectivity index (χ1n) is 5.54. The molecule has 0 spiro atoms. The average molecular weight is 282 g/mol. The van der Waals surface area contributed by atoms with E-state index in [0.29, 0.717) is 21.1 Å². The summed E-state index contributed by atoms with van der Waals surface area (Å²) in [6.07, 6.45) is 0. The van der Waals surface area contributed by atoms with Gasteiger partial charge in [-0.1, -0.05) is 11.8 Å². The fourth-order valence-corrected chi connectivity index (χ4v) is 2.62. The van der Waals surface area contributed by atoms with Crippen molar-refractivity contribution in [1.29, 1.82) is 0 Å². The maximum Gasteiger partial charge on any atom is 0.135 e. The van der Waals surface area contributed by atoms with Crippen LogP contribution in [0, 0.1) is 11.6 Å². The molecule has 0 amide bonds. The normalized spacial score (nSPS) is 10.5. The highest BCUT2D eigenvalue weighted by molar-refractivity contribution is 7.99. The lowest BCUT2D eigenvalue weighted by atomic mass is 10.2. The van der Waals surface area contributed by atoms with Crippen molar-refractivity contribution in [2.24, 2.45) is 0 Å². The van der Waals surface area contributed by atoms with Gasteiger partial charge in [0.1, 0.15) is 17.4 Å². The Bertz CT molecular complexity index is 536. The maximum atomic E-state index is 13.1. The van der Waals surface area contributed by atoms with Crippen LogP contribution in [0.1, 0.15) is 5.56 Å². The summed E-state index contributed by atoms with van der Waals surface area (Å²) >= 11 is 1.29. The second-order valence-electron chi connectivity index (χ2n) is 3.81. The van der Waals surface area contributed by atoms with Gasteiger partial charge in [0, 0.05) is 11.0 Å². The standard InChI is InChI=1S/C14H12F2O2S/c1-18-12-7-11(16)3-5-14(12)19-13-4-2-10(15)6-9(13)8-17/h2-7,17H,8H2,1H3. The maximum absolute atomic E-state index is 13.1. The fourth-order valence-electron chi connectivity index (χ4n) is 1.62. The van der Waals surface area contributed by atoms with E-state index in [9.17, 15) is 13.9 Å². The number of hydrogen-bond donors (Lipinski definition) is 1.